The summed E-state index contributed by atoms with van der Waals surface area (Å²) in [7, 11) is -3.23. The Morgan fingerprint density at radius 2 is 1.78 bits per heavy atom. The highest BCUT2D eigenvalue weighted by Gasteiger charge is 2.39. The van der Waals surface area contributed by atoms with Gasteiger partial charge in [-0.3, -0.25) is 4.79 Å². The maximum Gasteiger partial charge on any atom is 0.310 e. The van der Waals surface area contributed by atoms with Gasteiger partial charge in [0.15, 0.2) is 9.84 Å². The Labute approximate surface area is 110 Å². The Balaban J connectivity index is 4.98. The third-order valence-corrected chi connectivity index (χ3v) is 5.44. The third kappa shape index (κ3) is 4.57. The van der Waals surface area contributed by atoms with E-state index >= 15 is 0 Å². The van der Waals surface area contributed by atoms with Crippen LogP contribution in [-0.2, 0) is 14.6 Å². The molecule has 0 saturated carbocycles. The molecule has 0 aromatic rings. The first-order valence-corrected chi connectivity index (χ1v) is 7.94. The van der Waals surface area contributed by atoms with Crippen LogP contribution in [-0.4, -0.2) is 37.0 Å². The second-order valence-corrected chi connectivity index (χ2v) is 8.23. The molecule has 0 saturated heterocycles. The number of rotatable bonds is 8. The maximum atomic E-state index is 11.8. The fourth-order valence-corrected chi connectivity index (χ4v) is 3.07. The van der Waals surface area contributed by atoms with E-state index in [4.69, 9.17) is 5.73 Å². The molecule has 5 nitrogen and oxygen atoms in total. The van der Waals surface area contributed by atoms with Gasteiger partial charge >= 0.3 is 5.97 Å². The number of sulfone groups is 1. The average Bonchev–Trinajstić information content (AvgIpc) is 2.23. The molecule has 6 heteroatoms. The summed E-state index contributed by atoms with van der Waals surface area (Å²) in [5.74, 6) is -0.968. The van der Waals surface area contributed by atoms with Crippen molar-refractivity contribution in [3.63, 3.8) is 0 Å². The van der Waals surface area contributed by atoms with E-state index in [1.807, 2.05) is 13.8 Å². The minimum atomic E-state index is -3.23. The number of aliphatic carboxylic acids is 1. The summed E-state index contributed by atoms with van der Waals surface area (Å²) in [5.41, 5.74) is 4.46. The van der Waals surface area contributed by atoms with Crippen LogP contribution in [0.1, 0.15) is 40.5 Å². The molecule has 1 atom stereocenters. The minimum absolute atomic E-state index is 0.0336. The molecule has 0 aliphatic carbocycles. The number of nitrogens with two attached hydrogens (primary N) is 1. The SMILES string of the molecule is CC(C)CC(CN)(CCS(=O)(=O)C(C)C)C(=O)O. The molecule has 0 aromatic heterocycles. The first-order chi connectivity index (χ1) is 8.07. The van der Waals surface area contributed by atoms with Crippen molar-refractivity contribution in [3.05, 3.63) is 0 Å². The molecular formula is C12H25NO4S. The van der Waals surface area contributed by atoms with Crippen molar-refractivity contribution in [2.45, 2.75) is 45.8 Å². The smallest absolute Gasteiger partial charge is 0.310 e. The van der Waals surface area contributed by atoms with Gasteiger partial charge in [0.2, 0.25) is 0 Å². The van der Waals surface area contributed by atoms with Gasteiger partial charge in [0.25, 0.3) is 0 Å². The molecule has 1 unspecified atom stereocenters. The van der Waals surface area contributed by atoms with E-state index in [-0.39, 0.29) is 24.6 Å². The van der Waals surface area contributed by atoms with Crippen molar-refractivity contribution in [2.75, 3.05) is 12.3 Å². The van der Waals surface area contributed by atoms with Crippen LogP contribution in [0.25, 0.3) is 0 Å². The highest BCUT2D eigenvalue weighted by Crippen LogP contribution is 2.31. The second-order valence-electron chi connectivity index (χ2n) is 5.55. The van der Waals surface area contributed by atoms with Crippen molar-refractivity contribution >= 4 is 15.8 Å². The third-order valence-electron chi connectivity index (χ3n) is 3.23. The molecule has 0 rings (SSSR count). The van der Waals surface area contributed by atoms with Crippen LogP contribution in [0.5, 0.6) is 0 Å². The van der Waals surface area contributed by atoms with Crippen LogP contribution >= 0.6 is 0 Å². The van der Waals surface area contributed by atoms with Gasteiger partial charge in [-0.1, -0.05) is 13.8 Å². The fraction of sp³-hybridized carbons (Fsp3) is 0.917. The van der Waals surface area contributed by atoms with Gasteiger partial charge in [-0.2, -0.15) is 0 Å². The summed E-state index contributed by atoms with van der Waals surface area (Å²) in [6, 6.07) is 0. The van der Waals surface area contributed by atoms with Crippen molar-refractivity contribution in [1.82, 2.24) is 0 Å². The van der Waals surface area contributed by atoms with Gasteiger partial charge in [-0.25, -0.2) is 8.42 Å². The standard InChI is InChI=1S/C12H25NO4S/c1-9(2)7-12(8-13,11(14)15)5-6-18(16,17)10(3)4/h9-10H,5-8,13H2,1-4H3,(H,14,15). The van der Waals surface area contributed by atoms with Crippen LogP contribution in [0.4, 0.5) is 0 Å². The normalized spacial score (nSPS) is 15.9. The Bertz CT molecular complexity index is 376. The van der Waals surface area contributed by atoms with Gasteiger partial charge in [0.1, 0.15) is 0 Å². The summed E-state index contributed by atoms with van der Waals surface area (Å²) in [5, 5.41) is 8.85. The average molecular weight is 279 g/mol. The van der Waals surface area contributed by atoms with Crippen LogP contribution in [0, 0.1) is 11.3 Å². The predicted molar refractivity (Wildman–Crippen MR) is 72.1 cm³/mol. The molecular weight excluding hydrogens is 254 g/mol. The first-order valence-electron chi connectivity index (χ1n) is 6.22. The largest absolute Gasteiger partial charge is 0.481 e. The number of hydrogen-bond donors (Lipinski definition) is 2. The number of carbonyl (C=O) groups is 1. The lowest BCUT2D eigenvalue weighted by Gasteiger charge is -2.29. The molecule has 0 heterocycles. The number of carboxylic acids is 1. The molecule has 0 fully saturated rings. The molecule has 0 spiro atoms. The Morgan fingerprint density at radius 1 is 1.28 bits per heavy atom. The Hall–Kier alpha value is -0.620. The lowest BCUT2D eigenvalue weighted by molar-refractivity contribution is -0.149. The number of carboxylic acid groups (broad SMARTS) is 1. The summed E-state index contributed by atoms with van der Waals surface area (Å²) in [6.07, 6.45) is 0.476. The minimum Gasteiger partial charge on any atom is -0.481 e. The first kappa shape index (κ1) is 17.4. The van der Waals surface area contributed by atoms with Crippen molar-refractivity contribution in [3.8, 4) is 0 Å². The van der Waals surface area contributed by atoms with Gasteiger partial charge in [-0.05, 0) is 32.6 Å². The topological polar surface area (TPSA) is 97.5 Å². The maximum absolute atomic E-state index is 11.8. The lowest BCUT2D eigenvalue weighted by Crippen LogP contribution is -2.41. The zero-order valence-corrected chi connectivity index (χ0v) is 12.5. The Kier molecular flexibility index (Phi) is 6.29. The van der Waals surface area contributed by atoms with Gasteiger partial charge in [-0.15, -0.1) is 0 Å². The molecule has 108 valence electrons. The summed E-state index contributed by atoms with van der Waals surface area (Å²) in [6.45, 7) is 6.98. The highest BCUT2D eigenvalue weighted by atomic mass is 32.2. The van der Waals surface area contributed by atoms with E-state index in [1.165, 1.54) is 0 Å². The molecule has 0 radical (unpaired) electrons. The van der Waals surface area contributed by atoms with Crippen LogP contribution in [0.15, 0.2) is 0 Å². The predicted octanol–water partition coefficient (Wildman–Crippen LogP) is 1.28. The molecule has 0 amide bonds. The zero-order valence-electron chi connectivity index (χ0n) is 11.6. The van der Waals surface area contributed by atoms with E-state index in [0.29, 0.717) is 6.42 Å². The van der Waals surface area contributed by atoms with Crippen LogP contribution < -0.4 is 5.73 Å². The molecule has 0 aliphatic heterocycles. The van der Waals surface area contributed by atoms with Crippen molar-refractivity contribution in [1.29, 1.82) is 0 Å². The zero-order chi connectivity index (χ0) is 14.6. The quantitative estimate of drug-likeness (QED) is 0.697. The van der Waals surface area contributed by atoms with Gasteiger partial charge in [0.05, 0.1) is 16.4 Å². The summed E-state index contributed by atoms with van der Waals surface area (Å²) in [4.78, 5) is 11.4. The summed E-state index contributed by atoms with van der Waals surface area (Å²) >= 11 is 0. The highest BCUT2D eigenvalue weighted by molar-refractivity contribution is 7.91. The molecule has 0 bridgehead atoms. The second kappa shape index (κ2) is 6.52. The summed E-state index contributed by atoms with van der Waals surface area (Å²) < 4.78 is 23.5. The molecule has 0 aromatic carbocycles. The van der Waals surface area contributed by atoms with Crippen molar-refractivity contribution in [2.24, 2.45) is 17.1 Å². The van der Waals surface area contributed by atoms with E-state index in [1.54, 1.807) is 13.8 Å². The van der Waals surface area contributed by atoms with E-state index < -0.39 is 26.5 Å². The van der Waals surface area contributed by atoms with Crippen LogP contribution in [0.2, 0.25) is 0 Å². The van der Waals surface area contributed by atoms with Gasteiger partial charge < -0.3 is 10.8 Å². The number of hydrogen-bond acceptors (Lipinski definition) is 4. The molecule has 3 N–H and O–H groups in total. The van der Waals surface area contributed by atoms with Crippen LogP contribution in [0.3, 0.4) is 0 Å². The lowest BCUT2D eigenvalue weighted by atomic mass is 9.78. The van der Waals surface area contributed by atoms with E-state index in [2.05, 4.69) is 0 Å². The van der Waals surface area contributed by atoms with Crippen molar-refractivity contribution < 1.29 is 18.3 Å². The monoisotopic (exact) mass is 279 g/mol. The Morgan fingerprint density at radius 3 is 2.06 bits per heavy atom. The molecule has 0 aliphatic rings. The fourth-order valence-electron chi connectivity index (χ4n) is 1.92. The van der Waals surface area contributed by atoms with E-state index in [0.717, 1.165) is 0 Å². The van der Waals surface area contributed by atoms with Gasteiger partial charge in [0, 0.05) is 6.54 Å². The molecule has 18 heavy (non-hydrogen) atoms. The van der Waals surface area contributed by atoms with E-state index in [9.17, 15) is 18.3 Å².